The summed E-state index contributed by atoms with van der Waals surface area (Å²) in [6.07, 6.45) is 1.45. The van der Waals surface area contributed by atoms with Gasteiger partial charge in [-0.3, -0.25) is 0 Å². The highest BCUT2D eigenvalue weighted by Gasteiger charge is 2.42. The van der Waals surface area contributed by atoms with Crippen molar-refractivity contribution < 1.29 is 23.8 Å². The van der Waals surface area contributed by atoms with E-state index in [0.717, 1.165) is 51.8 Å². The van der Waals surface area contributed by atoms with E-state index in [0.29, 0.717) is 24.6 Å². The van der Waals surface area contributed by atoms with E-state index >= 15 is 0 Å². The van der Waals surface area contributed by atoms with Crippen molar-refractivity contribution in [3.63, 3.8) is 0 Å². The first-order valence-electron chi connectivity index (χ1n) is 18.8. The van der Waals surface area contributed by atoms with Gasteiger partial charge >= 0.3 is 12.1 Å². The SMILES string of the molecule is CCCCc1nc(Cl)c(C(=O)OCOC(=O)OCC)n1Cc1ccc(-c2ccccc2-c2nnnn2C(c2ccccc2)(c2ccccc2)c2ccccc2)cc1. The monoisotopic (exact) mass is 780 g/mol. The first-order chi connectivity index (χ1) is 27.9. The van der Waals surface area contributed by atoms with Crippen molar-refractivity contribution in [3.05, 3.63) is 178 Å². The zero-order valence-corrected chi connectivity index (χ0v) is 32.4. The molecule has 0 aliphatic heterocycles. The molecule has 0 N–H and O–H groups in total. The van der Waals surface area contributed by atoms with E-state index in [-0.39, 0.29) is 17.5 Å². The molecule has 0 fully saturated rings. The predicted octanol–water partition coefficient (Wildman–Crippen LogP) is 9.38. The Hall–Kier alpha value is -6.59. The predicted molar refractivity (Wildman–Crippen MR) is 217 cm³/mol. The smallest absolute Gasteiger partial charge is 0.435 e. The van der Waals surface area contributed by atoms with Crippen LogP contribution in [0.25, 0.3) is 22.5 Å². The van der Waals surface area contributed by atoms with E-state index in [4.69, 9.17) is 36.1 Å². The Bertz CT molecular complexity index is 2320. The van der Waals surface area contributed by atoms with E-state index < -0.39 is 24.5 Å². The van der Waals surface area contributed by atoms with Gasteiger partial charge in [0.25, 0.3) is 0 Å². The Labute approximate surface area is 335 Å². The number of ether oxygens (including phenoxy) is 3. The largest absolute Gasteiger partial charge is 0.511 e. The van der Waals surface area contributed by atoms with Crippen LogP contribution in [0.4, 0.5) is 4.79 Å². The molecule has 0 spiro atoms. The summed E-state index contributed by atoms with van der Waals surface area (Å²) in [6, 6.07) is 47.1. The lowest BCUT2D eigenvalue weighted by molar-refractivity contribution is -0.0267. The molecule has 0 amide bonds. The van der Waals surface area contributed by atoms with Gasteiger partial charge < -0.3 is 18.8 Å². The summed E-state index contributed by atoms with van der Waals surface area (Å²) < 4.78 is 18.5. The van der Waals surface area contributed by atoms with Crippen molar-refractivity contribution in [1.82, 2.24) is 29.8 Å². The number of esters is 1. The zero-order valence-electron chi connectivity index (χ0n) is 31.6. The van der Waals surface area contributed by atoms with Crippen LogP contribution in [0.2, 0.25) is 5.15 Å². The maximum Gasteiger partial charge on any atom is 0.511 e. The average molecular weight is 781 g/mol. The Morgan fingerprint density at radius 2 is 1.28 bits per heavy atom. The number of rotatable bonds is 15. The average Bonchev–Trinajstić information content (AvgIpc) is 3.86. The number of hydrogen-bond donors (Lipinski definition) is 0. The lowest BCUT2D eigenvalue weighted by Crippen LogP contribution is -2.39. The fraction of sp³-hybridized carbons (Fsp3) is 0.200. The van der Waals surface area contributed by atoms with Crippen LogP contribution in [0.15, 0.2) is 140 Å². The third-order valence-corrected chi connectivity index (χ3v) is 9.98. The van der Waals surface area contributed by atoms with Crippen LogP contribution in [-0.4, -0.2) is 55.3 Å². The van der Waals surface area contributed by atoms with Gasteiger partial charge in [-0.2, -0.15) is 0 Å². The molecule has 11 nitrogen and oxygen atoms in total. The molecule has 0 saturated carbocycles. The van der Waals surface area contributed by atoms with Crippen LogP contribution < -0.4 is 0 Å². The third-order valence-electron chi connectivity index (χ3n) is 9.72. The lowest BCUT2D eigenvalue weighted by Gasteiger charge is -2.36. The molecule has 0 bridgehead atoms. The van der Waals surface area contributed by atoms with Gasteiger partial charge in [0, 0.05) is 18.5 Å². The van der Waals surface area contributed by atoms with Gasteiger partial charge in [-0.15, -0.1) is 5.10 Å². The molecule has 0 aliphatic carbocycles. The molecule has 0 unspecified atom stereocenters. The summed E-state index contributed by atoms with van der Waals surface area (Å²) in [6.45, 7) is 3.54. The summed E-state index contributed by atoms with van der Waals surface area (Å²) in [4.78, 5) is 29.4. The maximum absolute atomic E-state index is 13.2. The fourth-order valence-electron chi connectivity index (χ4n) is 7.10. The highest BCUT2D eigenvalue weighted by molar-refractivity contribution is 6.32. The van der Waals surface area contributed by atoms with Crippen molar-refractivity contribution in [3.8, 4) is 22.5 Å². The lowest BCUT2D eigenvalue weighted by atomic mass is 9.77. The molecule has 2 heterocycles. The molecule has 288 valence electrons. The molecule has 0 radical (unpaired) electrons. The van der Waals surface area contributed by atoms with Crippen molar-refractivity contribution >= 4 is 23.7 Å². The first-order valence-corrected chi connectivity index (χ1v) is 19.2. The number of benzene rings is 5. The number of halogens is 1. The second-order valence-electron chi connectivity index (χ2n) is 13.2. The molecule has 7 rings (SSSR count). The summed E-state index contributed by atoms with van der Waals surface area (Å²) in [5, 5.41) is 13.8. The van der Waals surface area contributed by atoms with Gasteiger partial charge in [-0.25, -0.2) is 19.3 Å². The van der Waals surface area contributed by atoms with E-state index in [1.165, 1.54) is 0 Å². The van der Waals surface area contributed by atoms with Gasteiger partial charge in [-0.1, -0.05) is 164 Å². The van der Waals surface area contributed by atoms with Crippen LogP contribution >= 0.6 is 11.6 Å². The van der Waals surface area contributed by atoms with Gasteiger partial charge in [-0.05, 0) is 57.2 Å². The second kappa shape index (κ2) is 17.9. The number of carbonyl (C=O) groups excluding carboxylic acids is 2. The molecule has 0 aliphatic rings. The van der Waals surface area contributed by atoms with Crippen molar-refractivity contribution in [2.75, 3.05) is 13.4 Å². The van der Waals surface area contributed by atoms with Crippen LogP contribution in [0, 0.1) is 0 Å². The quantitative estimate of drug-likeness (QED) is 0.0569. The standard InChI is InChI=1S/C45H41ClN6O5/c1-3-5-25-39-47-41(46)40(43(53)56-31-57-44(54)55-4-2)51(39)30-32-26-28-33(29-27-32)37-23-15-16-24-38(37)42-48-49-50-52(42)45(34-17-9-6-10-18-34,35-19-11-7-12-20-35)36-21-13-8-14-22-36/h6-24,26-29H,3-5,25,30-31H2,1-2H3. The van der Waals surface area contributed by atoms with Gasteiger partial charge in [0.2, 0.25) is 6.79 Å². The van der Waals surface area contributed by atoms with Crippen molar-refractivity contribution in [2.45, 2.75) is 45.2 Å². The van der Waals surface area contributed by atoms with Gasteiger partial charge in [0.05, 0.1) is 6.61 Å². The number of imidazole rings is 1. The second-order valence-corrected chi connectivity index (χ2v) is 13.6. The highest BCUT2D eigenvalue weighted by Crippen LogP contribution is 2.43. The van der Waals surface area contributed by atoms with E-state index in [9.17, 15) is 9.59 Å². The van der Waals surface area contributed by atoms with E-state index in [2.05, 4.69) is 59.6 Å². The molecule has 5 aromatic carbocycles. The highest BCUT2D eigenvalue weighted by atomic mass is 35.5. The van der Waals surface area contributed by atoms with E-state index in [1.807, 2.05) is 102 Å². The summed E-state index contributed by atoms with van der Waals surface area (Å²) in [5.74, 6) is 0.482. The maximum atomic E-state index is 13.2. The van der Waals surface area contributed by atoms with Crippen LogP contribution in [0.5, 0.6) is 0 Å². The number of nitrogens with zero attached hydrogens (tertiary/aromatic N) is 6. The normalized spacial score (nSPS) is 11.3. The van der Waals surface area contributed by atoms with E-state index in [1.54, 1.807) is 11.5 Å². The Morgan fingerprint density at radius 1 is 0.702 bits per heavy atom. The van der Waals surface area contributed by atoms with Crippen LogP contribution in [-0.2, 0) is 32.7 Å². The summed E-state index contributed by atoms with van der Waals surface area (Å²) in [5.41, 5.74) is 5.81. The first kappa shape index (κ1) is 38.7. The number of tetrazole rings is 1. The summed E-state index contributed by atoms with van der Waals surface area (Å²) >= 11 is 6.53. The minimum Gasteiger partial charge on any atom is -0.435 e. The minimum absolute atomic E-state index is 0.0168. The molecule has 12 heteroatoms. The molecule has 0 atom stereocenters. The summed E-state index contributed by atoms with van der Waals surface area (Å²) in [7, 11) is 0. The Balaban J connectivity index is 1.26. The molecular formula is C45H41ClN6O5. The molecule has 0 saturated heterocycles. The van der Waals surface area contributed by atoms with Crippen LogP contribution in [0.1, 0.15) is 65.3 Å². The molecule has 2 aromatic heterocycles. The number of aryl methyl sites for hydroxylation is 1. The third kappa shape index (κ3) is 8.06. The number of hydrogen-bond acceptors (Lipinski definition) is 9. The van der Waals surface area contributed by atoms with Crippen molar-refractivity contribution in [1.29, 1.82) is 0 Å². The zero-order chi connectivity index (χ0) is 39.6. The topological polar surface area (TPSA) is 123 Å². The number of aromatic nitrogens is 6. The number of unbranched alkanes of at least 4 members (excludes halogenated alkanes) is 1. The Morgan fingerprint density at radius 3 is 1.86 bits per heavy atom. The van der Waals surface area contributed by atoms with Gasteiger partial charge in [0.1, 0.15) is 11.4 Å². The minimum atomic E-state index is -0.936. The van der Waals surface area contributed by atoms with Gasteiger partial charge in [0.15, 0.2) is 16.7 Å². The number of carbonyl (C=O) groups is 2. The van der Waals surface area contributed by atoms with Crippen LogP contribution in [0.3, 0.4) is 0 Å². The fourth-order valence-corrected chi connectivity index (χ4v) is 7.38. The van der Waals surface area contributed by atoms with Crippen molar-refractivity contribution in [2.24, 2.45) is 0 Å². The molecule has 57 heavy (non-hydrogen) atoms. The molecule has 7 aromatic rings. The Kier molecular flexibility index (Phi) is 12.2. The molecular weight excluding hydrogens is 740 g/mol.